The summed E-state index contributed by atoms with van der Waals surface area (Å²) >= 11 is 0. The normalized spacial score (nSPS) is 16.8. The third-order valence-corrected chi connectivity index (χ3v) is 8.36. The summed E-state index contributed by atoms with van der Waals surface area (Å²) in [6.07, 6.45) is 1.38. The summed E-state index contributed by atoms with van der Waals surface area (Å²) in [5, 5.41) is 12.4. The van der Waals surface area contributed by atoms with Crippen molar-refractivity contribution in [3.05, 3.63) is 179 Å². The summed E-state index contributed by atoms with van der Waals surface area (Å²) < 4.78 is 0. The number of aliphatic hydroxyl groups is 1. The van der Waals surface area contributed by atoms with Crippen molar-refractivity contribution in [1.82, 2.24) is 4.90 Å². The number of likely N-dealkylation sites (tertiary alicyclic amines) is 1. The zero-order chi connectivity index (χ0) is 26.5. The Balaban J connectivity index is 1.54. The number of rotatable bonds is 8. The lowest BCUT2D eigenvalue weighted by molar-refractivity contribution is 0.0246. The second kappa shape index (κ2) is 11.4. The molecule has 2 atom stereocenters. The van der Waals surface area contributed by atoms with Gasteiger partial charge in [0.15, 0.2) is 0 Å². The number of nitrogens with zero attached hydrogens (tertiary/aromatic N) is 1. The van der Waals surface area contributed by atoms with Crippen molar-refractivity contribution in [2.24, 2.45) is 0 Å². The van der Waals surface area contributed by atoms with Gasteiger partial charge in [-0.3, -0.25) is 4.90 Å². The Labute approximate surface area is 232 Å². The van der Waals surface area contributed by atoms with E-state index < -0.39 is 11.6 Å². The Hall–Kier alpha value is -3.98. The average molecular weight is 510 g/mol. The zero-order valence-corrected chi connectivity index (χ0v) is 22.2. The summed E-state index contributed by atoms with van der Waals surface area (Å²) in [4.78, 5) is 2.59. The maximum Gasteiger partial charge on any atom is 0.0976 e. The van der Waals surface area contributed by atoms with Gasteiger partial charge >= 0.3 is 0 Å². The van der Waals surface area contributed by atoms with Gasteiger partial charge < -0.3 is 5.11 Å². The molecule has 0 aromatic heterocycles. The lowest BCUT2D eigenvalue weighted by Gasteiger charge is -2.48. The van der Waals surface area contributed by atoms with Crippen LogP contribution in [0.2, 0.25) is 0 Å². The number of aliphatic hydroxyl groups excluding tert-OH is 1. The minimum Gasteiger partial charge on any atom is -0.391 e. The van der Waals surface area contributed by atoms with Crippen LogP contribution in [-0.4, -0.2) is 28.7 Å². The average Bonchev–Trinajstić information content (AvgIpc) is 3.51. The zero-order valence-electron chi connectivity index (χ0n) is 22.2. The van der Waals surface area contributed by atoms with Gasteiger partial charge in [0.1, 0.15) is 0 Å². The second-order valence-electron chi connectivity index (χ2n) is 10.5. The highest BCUT2D eigenvalue weighted by molar-refractivity contribution is 5.50. The Kier molecular flexibility index (Phi) is 7.40. The molecule has 0 saturated carbocycles. The summed E-state index contributed by atoms with van der Waals surface area (Å²) in [6, 6.07) is 53.5. The highest BCUT2D eigenvalue weighted by atomic mass is 16.3. The molecule has 1 N–H and O–H groups in total. The van der Waals surface area contributed by atoms with Gasteiger partial charge in [0, 0.05) is 18.5 Å². The van der Waals surface area contributed by atoms with E-state index in [9.17, 15) is 5.11 Å². The van der Waals surface area contributed by atoms with Gasteiger partial charge in [0.2, 0.25) is 0 Å². The minimum absolute atomic E-state index is 0.0453. The molecule has 0 radical (unpaired) electrons. The van der Waals surface area contributed by atoms with Crippen molar-refractivity contribution in [2.75, 3.05) is 6.54 Å². The number of hydrogen-bond acceptors (Lipinski definition) is 2. The van der Waals surface area contributed by atoms with Gasteiger partial charge in [0.25, 0.3) is 0 Å². The highest BCUT2D eigenvalue weighted by Crippen LogP contribution is 2.48. The first kappa shape index (κ1) is 25.3. The quantitative estimate of drug-likeness (QED) is 0.217. The molecule has 0 bridgehead atoms. The van der Waals surface area contributed by atoms with E-state index in [1.807, 2.05) is 12.1 Å². The van der Waals surface area contributed by atoms with E-state index in [0.717, 1.165) is 30.5 Å². The largest absolute Gasteiger partial charge is 0.391 e. The van der Waals surface area contributed by atoms with Crippen LogP contribution in [0, 0.1) is 0 Å². The molecule has 2 heteroatoms. The standard InChI is InChI=1S/C37H35NO/c39-36(35(29-17-6-1-7-18-29)30-19-8-2-9-20-30)34-27-16-28-38(34)37(31-21-10-3-11-22-31,32-23-12-4-13-24-32)33-25-14-5-15-26-33/h1-15,17-26,34-36,39H,16,27-28H2/t34-,36+/m1/s1. The molecule has 2 nitrogen and oxygen atoms in total. The predicted molar refractivity (Wildman–Crippen MR) is 160 cm³/mol. The van der Waals surface area contributed by atoms with Gasteiger partial charge in [-0.2, -0.15) is 0 Å². The minimum atomic E-state index is -0.590. The third-order valence-electron chi connectivity index (χ3n) is 8.36. The molecule has 1 aliphatic rings. The molecule has 0 aliphatic carbocycles. The van der Waals surface area contributed by atoms with Crippen LogP contribution in [0.25, 0.3) is 0 Å². The summed E-state index contributed by atoms with van der Waals surface area (Å²) in [6.45, 7) is 0.900. The van der Waals surface area contributed by atoms with Crippen LogP contribution in [-0.2, 0) is 5.54 Å². The molecule has 1 fully saturated rings. The molecular formula is C37H35NO. The van der Waals surface area contributed by atoms with Gasteiger partial charge in [-0.15, -0.1) is 0 Å². The fourth-order valence-electron chi connectivity index (χ4n) is 6.73. The molecular weight excluding hydrogens is 474 g/mol. The summed E-state index contributed by atoms with van der Waals surface area (Å²) in [5.74, 6) is -0.127. The van der Waals surface area contributed by atoms with Gasteiger partial charge in [-0.05, 0) is 40.7 Å². The third kappa shape index (κ3) is 4.71. The van der Waals surface area contributed by atoms with Crippen molar-refractivity contribution >= 4 is 0 Å². The van der Waals surface area contributed by atoms with E-state index >= 15 is 0 Å². The molecule has 1 aliphatic heterocycles. The van der Waals surface area contributed by atoms with Crippen molar-refractivity contribution < 1.29 is 5.11 Å². The van der Waals surface area contributed by atoms with Crippen LogP contribution in [0.4, 0.5) is 0 Å². The van der Waals surface area contributed by atoms with Crippen molar-refractivity contribution in [3.63, 3.8) is 0 Å². The lowest BCUT2D eigenvalue weighted by Crippen LogP contribution is -2.54. The Bertz CT molecular complexity index is 1300. The highest BCUT2D eigenvalue weighted by Gasteiger charge is 2.49. The van der Waals surface area contributed by atoms with E-state index in [2.05, 4.69) is 144 Å². The van der Waals surface area contributed by atoms with Crippen LogP contribution >= 0.6 is 0 Å². The molecule has 6 rings (SSSR count). The maximum absolute atomic E-state index is 12.4. The van der Waals surface area contributed by atoms with E-state index in [0.29, 0.717) is 0 Å². The van der Waals surface area contributed by atoms with Crippen LogP contribution in [0.3, 0.4) is 0 Å². The second-order valence-corrected chi connectivity index (χ2v) is 10.5. The van der Waals surface area contributed by atoms with E-state index in [4.69, 9.17) is 0 Å². The Morgan fingerprint density at radius 3 is 1.28 bits per heavy atom. The number of benzene rings is 5. The molecule has 1 saturated heterocycles. The first-order valence-corrected chi connectivity index (χ1v) is 14.0. The van der Waals surface area contributed by atoms with Crippen LogP contribution in [0.5, 0.6) is 0 Å². The van der Waals surface area contributed by atoms with E-state index in [-0.39, 0.29) is 12.0 Å². The molecule has 5 aromatic carbocycles. The molecule has 5 aromatic rings. The molecule has 194 valence electrons. The van der Waals surface area contributed by atoms with Crippen LogP contribution in [0.1, 0.15) is 46.6 Å². The van der Waals surface area contributed by atoms with E-state index in [1.165, 1.54) is 16.7 Å². The summed E-state index contributed by atoms with van der Waals surface area (Å²) in [7, 11) is 0. The molecule has 1 heterocycles. The molecule has 0 amide bonds. The SMILES string of the molecule is O[C@H](C(c1ccccc1)c1ccccc1)[C@H]1CCCN1C(c1ccccc1)(c1ccccc1)c1ccccc1. The maximum atomic E-state index is 12.4. The number of hydrogen-bond donors (Lipinski definition) is 1. The molecule has 0 unspecified atom stereocenters. The topological polar surface area (TPSA) is 23.5 Å². The Morgan fingerprint density at radius 1 is 0.538 bits per heavy atom. The smallest absolute Gasteiger partial charge is 0.0976 e. The first-order valence-electron chi connectivity index (χ1n) is 14.0. The van der Waals surface area contributed by atoms with Crippen molar-refractivity contribution in [2.45, 2.75) is 36.4 Å². The molecule has 39 heavy (non-hydrogen) atoms. The van der Waals surface area contributed by atoms with E-state index in [1.54, 1.807) is 0 Å². The fraction of sp³-hybridized carbons (Fsp3) is 0.189. The molecule has 0 spiro atoms. The first-order chi connectivity index (χ1) is 19.3. The summed E-state index contributed by atoms with van der Waals surface area (Å²) in [5.41, 5.74) is 5.41. The van der Waals surface area contributed by atoms with Gasteiger partial charge in [-0.1, -0.05) is 152 Å². The lowest BCUT2D eigenvalue weighted by atomic mass is 9.74. The fourth-order valence-corrected chi connectivity index (χ4v) is 6.73. The van der Waals surface area contributed by atoms with Gasteiger partial charge in [-0.25, -0.2) is 0 Å². The van der Waals surface area contributed by atoms with Crippen LogP contribution < -0.4 is 0 Å². The monoisotopic (exact) mass is 509 g/mol. The van der Waals surface area contributed by atoms with Crippen molar-refractivity contribution in [3.8, 4) is 0 Å². The van der Waals surface area contributed by atoms with Crippen molar-refractivity contribution in [1.29, 1.82) is 0 Å². The van der Waals surface area contributed by atoms with Crippen LogP contribution in [0.15, 0.2) is 152 Å². The predicted octanol–water partition coefficient (Wildman–Crippen LogP) is 7.64. The Morgan fingerprint density at radius 2 is 0.897 bits per heavy atom. The van der Waals surface area contributed by atoms with Gasteiger partial charge in [0.05, 0.1) is 11.6 Å².